The molecule has 198 valence electrons. The average molecular weight is 520 g/mol. The van der Waals surface area contributed by atoms with Crippen LogP contribution in [-0.2, 0) is 9.53 Å². The van der Waals surface area contributed by atoms with Gasteiger partial charge in [-0.05, 0) is 60.9 Å². The van der Waals surface area contributed by atoms with Gasteiger partial charge in [-0.2, -0.15) is 0 Å². The van der Waals surface area contributed by atoms with Gasteiger partial charge in [0.05, 0.1) is 11.4 Å². The molecule has 9 heteroatoms. The van der Waals surface area contributed by atoms with Gasteiger partial charge in [0.1, 0.15) is 6.10 Å². The van der Waals surface area contributed by atoms with Gasteiger partial charge in [0.15, 0.2) is 11.6 Å². The molecule has 0 bridgehead atoms. The molecule has 0 fully saturated rings. The zero-order valence-corrected chi connectivity index (χ0v) is 21.1. The van der Waals surface area contributed by atoms with Crippen LogP contribution in [-0.4, -0.2) is 23.0 Å². The third kappa shape index (κ3) is 7.67. The number of hydrogen-bond acceptors (Lipinski definition) is 6. The van der Waals surface area contributed by atoms with Gasteiger partial charge in [-0.15, -0.1) is 0 Å². The molecular weight excluding hydrogens is 489 g/mol. The molecule has 0 aliphatic rings. The molecule has 38 heavy (non-hydrogen) atoms. The van der Waals surface area contributed by atoms with Crippen molar-refractivity contribution in [1.82, 2.24) is 5.32 Å². The number of ether oxygens (including phenoxy) is 1. The topological polar surface area (TPSA) is 131 Å². The van der Waals surface area contributed by atoms with Gasteiger partial charge >= 0.3 is 6.09 Å². The van der Waals surface area contributed by atoms with Crippen molar-refractivity contribution in [2.45, 2.75) is 32.8 Å². The first kappa shape index (κ1) is 27.9. The van der Waals surface area contributed by atoms with Crippen molar-refractivity contribution in [3.63, 3.8) is 0 Å². The Balaban J connectivity index is 1.70. The fraction of sp³-hybridized carbons (Fsp3) is 0.207. The summed E-state index contributed by atoms with van der Waals surface area (Å²) in [4.78, 5) is 37.3. The van der Waals surface area contributed by atoms with Crippen LogP contribution in [0.25, 0.3) is 0 Å². The third-order valence-corrected chi connectivity index (χ3v) is 5.90. The number of nitrogen functional groups attached to an aromatic ring is 1. The smallest absolute Gasteiger partial charge is 0.414 e. The Labute approximate surface area is 220 Å². The Morgan fingerprint density at radius 3 is 2.42 bits per heavy atom. The van der Waals surface area contributed by atoms with Crippen LogP contribution >= 0.6 is 0 Å². The predicted octanol–water partition coefficient (Wildman–Crippen LogP) is 5.72. The first-order valence-corrected chi connectivity index (χ1v) is 11.9. The fourth-order valence-electron chi connectivity index (χ4n) is 3.82. The quantitative estimate of drug-likeness (QED) is 0.211. The van der Waals surface area contributed by atoms with E-state index in [1.165, 1.54) is 18.2 Å². The molecule has 3 aromatic rings. The lowest BCUT2D eigenvalue weighted by atomic mass is 9.78. The minimum absolute atomic E-state index is 0.275. The molecule has 0 aromatic heterocycles. The normalized spacial score (nSPS) is 12.1. The Morgan fingerprint density at radius 2 is 1.74 bits per heavy atom. The summed E-state index contributed by atoms with van der Waals surface area (Å²) in [6.07, 6.45) is 1.92. The number of hydrogen-bond donors (Lipinski definition) is 4. The summed E-state index contributed by atoms with van der Waals surface area (Å²) in [7, 11) is 0. The summed E-state index contributed by atoms with van der Waals surface area (Å²) >= 11 is 0. The molecule has 0 unspecified atom stereocenters. The van der Waals surface area contributed by atoms with E-state index < -0.39 is 35.1 Å². The van der Waals surface area contributed by atoms with Crippen LogP contribution in [0.2, 0.25) is 0 Å². The number of nitrogens with two attached hydrogens (primary N) is 1. The monoisotopic (exact) mass is 519 g/mol. The van der Waals surface area contributed by atoms with E-state index in [2.05, 4.69) is 10.6 Å². The van der Waals surface area contributed by atoms with E-state index in [1.807, 2.05) is 13.8 Å². The lowest BCUT2D eigenvalue weighted by molar-refractivity contribution is -0.111. The van der Waals surface area contributed by atoms with Crippen molar-refractivity contribution in [2.75, 3.05) is 11.1 Å². The van der Waals surface area contributed by atoms with Crippen molar-refractivity contribution < 1.29 is 28.6 Å². The molecule has 0 radical (unpaired) electrons. The lowest BCUT2D eigenvalue weighted by Crippen LogP contribution is -2.35. The maximum absolute atomic E-state index is 14.2. The van der Waals surface area contributed by atoms with Crippen molar-refractivity contribution in [3.05, 3.63) is 102 Å². The van der Waals surface area contributed by atoms with Gasteiger partial charge in [-0.25, -0.2) is 9.18 Å². The standard InChI is InChI=1S/C29H30FN3O5/c1-29(2,17-9-8-14-25(35)32-23-13-7-6-12-22(23)31)26(20-15-16-24(34)21(30)18-20)38-28(37)33-27(36)19-10-4-3-5-11-19/h3-8,10-16,18,26,34H,9,17,31H2,1-2H3,(H,32,35)(H,33,36,37)/b14-8+/t26-/m1/s1. The fourth-order valence-corrected chi connectivity index (χ4v) is 3.82. The number of aromatic hydroxyl groups is 1. The minimum Gasteiger partial charge on any atom is -0.505 e. The maximum atomic E-state index is 14.2. The third-order valence-electron chi connectivity index (χ3n) is 5.90. The number of phenols is 1. The van der Waals surface area contributed by atoms with Crippen molar-refractivity contribution in [1.29, 1.82) is 0 Å². The number of carbonyl (C=O) groups is 3. The van der Waals surface area contributed by atoms with Crippen LogP contribution in [0.1, 0.15) is 48.7 Å². The second-order valence-electron chi connectivity index (χ2n) is 9.32. The highest BCUT2D eigenvalue weighted by Gasteiger charge is 2.34. The number of alkyl carbamates (subject to hydrolysis) is 1. The highest BCUT2D eigenvalue weighted by Crippen LogP contribution is 2.41. The largest absolute Gasteiger partial charge is 0.505 e. The highest BCUT2D eigenvalue weighted by molar-refractivity contribution is 6.03. The lowest BCUT2D eigenvalue weighted by Gasteiger charge is -2.34. The number of carbonyl (C=O) groups excluding carboxylic acids is 3. The number of nitrogens with one attached hydrogen (secondary N) is 2. The van der Waals surface area contributed by atoms with E-state index in [4.69, 9.17) is 10.5 Å². The molecule has 1 atom stereocenters. The van der Waals surface area contributed by atoms with Gasteiger partial charge in [0.2, 0.25) is 5.91 Å². The van der Waals surface area contributed by atoms with E-state index in [1.54, 1.807) is 60.7 Å². The number of halogens is 1. The number of rotatable bonds is 9. The number of benzene rings is 3. The zero-order chi connectivity index (χ0) is 27.7. The molecule has 3 aromatic carbocycles. The predicted molar refractivity (Wildman–Crippen MR) is 143 cm³/mol. The molecular formula is C29H30FN3O5. The first-order chi connectivity index (χ1) is 18.1. The van der Waals surface area contributed by atoms with Crippen LogP contribution in [0.15, 0.2) is 84.9 Å². The summed E-state index contributed by atoms with van der Waals surface area (Å²) in [5.74, 6) is -2.41. The van der Waals surface area contributed by atoms with E-state index in [-0.39, 0.29) is 11.5 Å². The minimum atomic E-state index is -0.999. The number of anilines is 2. The maximum Gasteiger partial charge on any atom is 0.414 e. The summed E-state index contributed by atoms with van der Waals surface area (Å²) in [6, 6.07) is 18.8. The summed E-state index contributed by atoms with van der Waals surface area (Å²) < 4.78 is 19.8. The summed E-state index contributed by atoms with van der Waals surface area (Å²) in [6.45, 7) is 3.63. The van der Waals surface area contributed by atoms with E-state index in [9.17, 15) is 23.9 Å². The Morgan fingerprint density at radius 1 is 1.05 bits per heavy atom. The molecule has 0 saturated heterocycles. The Kier molecular flexibility index (Phi) is 9.21. The zero-order valence-electron chi connectivity index (χ0n) is 21.1. The molecule has 0 spiro atoms. The number of para-hydroxylation sites is 2. The molecule has 0 aliphatic carbocycles. The van der Waals surface area contributed by atoms with Crippen molar-refractivity contribution in [3.8, 4) is 5.75 Å². The molecule has 3 amide bonds. The van der Waals surface area contributed by atoms with Crippen LogP contribution in [0.4, 0.5) is 20.6 Å². The van der Waals surface area contributed by atoms with Crippen molar-refractivity contribution >= 4 is 29.3 Å². The van der Waals surface area contributed by atoms with Crippen LogP contribution in [0.3, 0.4) is 0 Å². The van der Waals surface area contributed by atoms with Gasteiger partial charge in [-0.3, -0.25) is 14.9 Å². The van der Waals surface area contributed by atoms with Gasteiger partial charge < -0.3 is 20.9 Å². The first-order valence-electron chi connectivity index (χ1n) is 11.9. The second-order valence-corrected chi connectivity index (χ2v) is 9.32. The molecule has 0 saturated carbocycles. The van der Waals surface area contributed by atoms with Gasteiger partial charge in [0.25, 0.3) is 5.91 Å². The molecule has 3 rings (SSSR count). The molecule has 0 heterocycles. The summed E-state index contributed by atoms with van der Waals surface area (Å²) in [5.41, 5.74) is 6.60. The molecule has 0 aliphatic heterocycles. The second kappa shape index (κ2) is 12.5. The molecule has 8 nitrogen and oxygen atoms in total. The van der Waals surface area contributed by atoms with Crippen LogP contribution < -0.4 is 16.4 Å². The van der Waals surface area contributed by atoms with Crippen molar-refractivity contribution in [2.24, 2.45) is 5.41 Å². The average Bonchev–Trinajstić information content (AvgIpc) is 2.89. The number of allylic oxidation sites excluding steroid dienone is 1. The summed E-state index contributed by atoms with van der Waals surface area (Å²) in [5, 5.41) is 14.5. The van der Waals surface area contributed by atoms with Crippen LogP contribution in [0.5, 0.6) is 5.75 Å². The SMILES string of the molecule is CC(C)(CC/C=C/C(=O)Nc1ccccc1N)[C@H](OC(=O)NC(=O)c1ccccc1)c1ccc(O)c(F)c1. The van der Waals surface area contributed by atoms with E-state index in [0.29, 0.717) is 29.8 Å². The van der Waals surface area contributed by atoms with Gasteiger partial charge in [-0.1, -0.05) is 56.3 Å². The number of imide groups is 1. The van der Waals surface area contributed by atoms with Gasteiger partial charge in [0, 0.05) is 11.0 Å². The number of amides is 3. The molecule has 5 N–H and O–H groups in total. The van der Waals surface area contributed by atoms with E-state index in [0.717, 1.165) is 6.07 Å². The van der Waals surface area contributed by atoms with Crippen LogP contribution in [0, 0.1) is 11.2 Å². The van der Waals surface area contributed by atoms with E-state index >= 15 is 0 Å². The Hall–Kier alpha value is -4.66. The highest BCUT2D eigenvalue weighted by atomic mass is 19.1. The number of phenolic OH excluding ortho intramolecular Hbond substituents is 1. The Bertz CT molecular complexity index is 1320.